The molecule has 0 aromatic heterocycles. The molecule has 9 heteroatoms. The van der Waals surface area contributed by atoms with E-state index in [-0.39, 0.29) is 22.6 Å². The molecule has 148 valence electrons. The van der Waals surface area contributed by atoms with E-state index in [0.717, 1.165) is 0 Å². The van der Waals surface area contributed by atoms with Gasteiger partial charge in [0.15, 0.2) is 0 Å². The van der Waals surface area contributed by atoms with Crippen molar-refractivity contribution >= 4 is 21.6 Å². The number of sulfonamides is 1. The molecule has 0 radical (unpaired) electrons. The van der Waals surface area contributed by atoms with Gasteiger partial charge in [-0.15, -0.1) is 0 Å². The van der Waals surface area contributed by atoms with Gasteiger partial charge in [-0.05, 0) is 55.8 Å². The zero-order chi connectivity index (χ0) is 20.9. The first kappa shape index (κ1) is 21.3. The second-order valence-electron chi connectivity index (χ2n) is 6.16. The number of nitriles is 1. The quantitative estimate of drug-likeness (QED) is 0.736. The molecule has 1 unspecified atom stereocenters. The highest BCUT2D eigenvalue weighted by Crippen LogP contribution is 2.24. The van der Waals surface area contributed by atoms with E-state index in [1.165, 1.54) is 43.5 Å². The van der Waals surface area contributed by atoms with Gasteiger partial charge in [-0.3, -0.25) is 4.79 Å². The standard InChI is InChI=1S/C19H20FN3O4S/c1-12-10-14(4-6-17(12)20)22-19(24)16-11-15(5-7-18(16)27-3)28(25,26)23-13(2)8-9-21/h4-7,10-11,13,23H,8H2,1-3H3,(H,22,24). The van der Waals surface area contributed by atoms with Gasteiger partial charge >= 0.3 is 0 Å². The molecule has 0 heterocycles. The van der Waals surface area contributed by atoms with Crippen molar-refractivity contribution in [3.63, 3.8) is 0 Å². The smallest absolute Gasteiger partial charge is 0.259 e. The van der Waals surface area contributed by atoms with E-state index < -0.39 is 27.8 Å². The van der Waals surface area contributed by atoms with Gasteiger partial charge in [-0.25, -0.2) is 17.5 Å². The summed E-state index contributed by atoms with van der Waals surface area (Å²) in [7, 11) is -2.58. The molecule has 2 rings (SSSR count). The molecule has 2 aromatic rings. The summed E-state index contributed by atoms with van der Waals surface area (Å²) >= 11 is 0. The largest absolute Gasteiger partial charge is 0.496 e. The average molecular weight is 405 g/mol. The van der Waals surface area contributed by atoms with Gasteiger partial charge in [0.05, 0.1) is 30.1 Å². The Kier molecular flexibility index (Phi) is 6.72. The van der Waals surface area contributed by atoms with Gasteiger partial charge in [0.25, 0.3) is 5.91 Å². The van der Waals surface area contributed by atoms with Gasteiger partial charge in [0.2, 0.25) is 10.0 Å². The first-order valence-corrected chi connectivity index (χ1v) is 9.81. The molecule has 1 atom stereocenters. The second kappa shape index (κ2) is 8.82. The summed E-state index contributed by atoms with van der Waals surface area (Å²) in [5.74, 6) is -0.827. The minimum Gasteiger partial charge on any atom is -0.496 e. The highest BCUT2D eigenvalue weighted by atomic mass is 32.2. The number of rotatable bonds is 7. The van der Waals surface area contributed by atoms with Crippen molar-refractivity contribution in [2.24, 2.45) is 0 Å². The number of methoxy groups -OCH3 is 1. The minimum absolute atomic E-state index is 0.000268. The van der Waals surface area contributed by atoms with Gasteiger partial charge < -0.3 is 10.1 Å². The van der Waals surface area contributed by atoms with E-state index in [1.807, 2.05) is 6.07 Å². The Bertz CT molecular complexity index is 1030. The van der Waals surface area contributed by atoms with Crippen LogP contribution in [0.2, 0.25) is 0 Å². The predicted octanol–water partition coefficient (Wildman–Crippen LogP) is 2.98. The number of nitrogens with one attached hydrogen (secondary N) is 2. The number of anilines is 1. The van der Waals surface area contributed by atoms with Crippen LogP contribution in [0.3, 0.4) is 0 Å². The van der Waals surface area contributed by atoms with Crippen molar-refractivity contribution in [1.29, 1.82) is 5.26 Å². The Morgan fingerprint density at radius 3 is 2.61 bits per heavy atom. The second-order valence-corrected chi connectivity index (χ2v) is 7.88. The lowest BCUT2D eigenvalue weighted by atomic mass is 10.1. The lowest BCUT2D eigenvalue weighted by Crippen LogP contribution is -2.32. The molecule has 0 saturated heterocycles. The number of carbonyl (C=O) groups is 1. The van der Waals surface area contributed by atoms with Gasteiger partial charge in [-0.2, -0.15) is 5.26 Å². The third-order valence-electron chi connectivity index (χ3n) is 3.90. The zero-order valence-corrected chi connectivity index (χ0v) is 16.4. The van der Waals surface area contributed by atoms with Crippen LogP contribution < -0.4 is 14.8 Å². The molecular formula is C19H20FN3O4S. The van der Waals surface area contributed by atoms with E-state index in [4.69, 9.17) is 10.00 Å². The normalized spacial score (nSPS) is 12.1. The maximum absolute atomic E-state index is 13.4. The molecule has 0 bridgehead atoms. The fourth-order valence-electron chi connectivity index (χ4n) is 2.46. The van der Waals surface area contributed by atoms with Crippen molar-refractivity contribution in [2.45, 2.75) is 31.2 Å². The summed E-state index contributed by atoms with van der Waals surface area (Å²) in [6, 6.07) is 9.25. The Labute approximate surface area is 163 Å². The van der Waals surface area contributed by atoms with Gasteiger partial charge in [0, 0.05) is 11.7 Å². The maximum atomic E-state index is 13.4. The number of aryl methyl sites for hydroxylation is 1. The van der Waals surface area contributed by atoms with E-state index >= 15 is 0 Å². The Morgan fingerprint density at radius 2 is 2.00 bits per heavy atom. The van der Waals surface area contributed by atoms with E-state index in [1.54, 1.807) is 13.8 Å². The van der Waals surface area contributed by atoms with Crippen molar-refractivity contribution < 1.29 is 22.3 Å². The van der Waals surface area contributed by atoms with Crippen molar-refractivity contribution in [3.05, 3.63) is 53.3 Å². The zero-order valence-electron chi connectivity index (χ0n) is 15.6. The number of nitrogens with zero attached hydrogens (tertiary/aromatic N) is 1. The highest BCUT2D eigenvalue weighted by molar-refractivity contribution is 7.89. The number of carbonyl (C=O) groups excluding carboxylic acids is 1. The third kappa shape index (κ3) is 5.06. The van der Waals surface area contributed by atoms with Crippen molar-refractivity contribution in [3.8, 4) is 11.8 Å². The van der Waals surface area contributed by atoms with Crippen LogP contribution in [0, 0.1) is 24.1 Å². The molecule has 0 aliphatic carbocycles. The number of hydrogen-bond donors (Lipinski definition) is 2. The van der Waals surface area contributed by atoms with E-state index in [2.05, 4.69) is 10.0 Å². The Morgan fingerprint density at radius 1 is 1.29 bits per heavy atom. The molecule has 2 aromatic carbocycles. The molecule has 0 aliphatic heterocycles. The topological polar surface area (TPSA) is 108 Å². The van der Waals surface area contributed by atoms with Crippen LogP contribution in [0.5, 0.6) is 5.75 Å². The van der Waals surface area contributed by atoms with Crippen molar-refractivity contribution in [1.82, 2.24) is 4.72 Å². The molecule has 2 N–H and O–H groups in total. The summed E-state index contributed by atoms with van der Waals surface area (Å²) in [4.78, 5) is 12.5. The molecule has 0 saturated carbocycles. The number of hydrogen-bond acceptors (Lipinski definition) is 5. The maximum Gasteiger partial charge on any atom is 0.259 e. The Hall–Kier alpha value is -2.96. The lowest BCUT2D eigenvalue weighted by molar-refractivity contribution is 0.102. The van der Waals surface area contributed by atoms with Crippen LogP contribution in [0.25, 0.3) is 0 Å². The fourth-order valence-corrected chi connectivity index (χ4v) is 3.73. The molecule has 7 nitrogen and oxygen atoms in total. The van der Waals surface area contributed by atoms with Crippen LogP contribution in [-0.4, -0.2) is 27.5 Å². The third-order valence-corrected chi connectivity index (χ3v) is 5.48. The minimum atomic E-state index is -3.93. The summed E-state index contributed by atoms with van der Waals surface area (Å²) in [5.41, 5.74) is 0.719. The van der Waals surface area contributed by atoms with Crippen LogP contribution in [0.15, 0.2) is 41.3 Å². The van der Waals surface area contributed by atoms with Crippen LogP contribution >= 0.6 is 0 Å². The molecule has 0 fully saturated rings. The summed E-state index contributed by atoms with van der Waals surface area (Å²) in [6.45, 7) is 3.13. The van der Waals surface area contributed by atoms with Crippen LogP contribution in [0.1, 0.15) is 29.3 Å². The van der Waals surface area contributed by atoms with Gasteiger partial charge in [0.1, 0.15) is 11.6 Å². The lowest BCUT2D eigenvalue weighted by Gasteiger charge is -2.14. The SMILES string of the molecule is COc1ccc(S(=O)(=O)NC(C)CC#N)cc1C(=O)Nc1ccc(F)c(C)c1. The predicted molar refractivity (Wildman–Crippen MR) is 102 cm³/mol. The number of ether oxygens (including phenoxy) is 1. The molecular weight excluding hydrogens is 385 g/mol. The summed E-state index contributed by atoms with van der Waals surface area (Å²) in [6.07, 6.45) is 0.00659. The van der Waals surface area contributed by atoms with Crippen LogP contribution in [-0.2, 0) is 10.0 Å². The monoisotopic (exact) mass is 405 g/mol. The fraction of sp³-hybridized carbons (Fsp3) is 0.263. The first-order chi connectivity index (χ1) is 13.2. The summed E-state index contributed by atoms with van der Waals surface area (Å²) < 4.78 is 45.9. The van der Waals surface area contributed by atoms with E-state index in [0.29, 0.717) is 11.3 Å². The van der Waals surface area contributed by atoms with Crippen molar-refractivity contribution in [2.75, 3.05) is 12.4 Å². The van der Waals surface area contributed by atoms with E-state index in [9.17, 15) is 17.6 Å². The number of amides is 1. The van der Waals surface area contributed by atoms with Crippen LogP contribution in [0.4, 0.5) is 10.1 Å². The first-order valence-electron chi connectivity index (χ1n) is 8.32. The average Bonchev–Trinajstić information content (AvgIpc) is 2.63. The molecule has 0 aliphatic rings. The summed E-state index contributed by atoms with van der Waals surface area (Å²) in [5, 5.41) is 11.3. The Balaban J connectivity index is 2.35. The molecule has 0 spiro atoms. The number of halogens is 1. The molecule has 1 amide bonds. The highest BCUT2D eigenvalue weighted by Gasteiger charge is 2.21. The van der Waals surface area contributed by atoms with Gasteiger partial charge in [-0.1, -0.05) is 0 Å². The number of benzene rings is 2. The molecule has 28 heavy (non-hydrogen) atoms.